The molecule has 80 valence electrons. The van der Waals surface area contributed by atoms with E-state index in [1.807, 2.05) is 0 Å². The number of aromatic nitrogens is 1. The summed E-state index contributed by atoms with van der Waals surface area (Å²) in [5, 5.41) is 0.928. The fourth-order valence-electron chi connectivity index (χ4n) is 1.12. The zero-order valence-corrected chi connectivity index (χ0v) is 9.03. The van der Waals surface area contributed by atoms with Crippen molar-refractivity contribution in [1.82, 2.24) is 4.98 Å². The van der Waals surface area contributed by atoms with Gasteiger partial charge in [0.2, 0.25) is 0 Å². The van der Waals surface area contributed by atoms with E-state index in [1.165, 1.54) is 13.2 Å². The third-order valence-electron chi connectivity index (χ3n) is 1.86. The molecule has 1 rings (SSSR count). The third kappa shape index (κ3) is 2.56. The van der Waals surface area contributed by atoms with Crippen LogP contribution < -0.4 is 16.2 Å². The highest BCUT2D eigenvalue weighted by Crippen LogP contribution is 1.88. The molecular formula is C11H13NO3. The van der Waals surface area contributed by atoms with E-state index in [0.717, 1.165) is 0 Å². The highest BCUT2D eigenvalue weighted by molar-refractivity contribution is 5.40. The summed E-state index contributed by atoms with van der Waals surface area (Å²) in [5.74, 6) is 0.726. The molecule has 0 radical (unpaired) electrons. The maximum absolute atomic E-state index is 11.5. The Labute approximate surface area is 87.2 Å². The fraction of sp³-hybridized carbons (Fsp3) is 0.273. The van der Waals surface area contributed by atoms with Gasteiger partial charge in [-0.3, -0.25) is 0 Å². The minimum atomic E-state index is -0.436. The van der Waals surface area contributed by atoms with Crippen molar-refractivity contribution in [3.63, 3.8) is 0 Å². The van der Waals surface area contributed by atoms with Crippen LogP contribution in [0.5, 0.6) is 0 Å². The van der Waals surface area contributed by atoms with Gasteiger partial charge in [0, 0.05) is 6.92 Å². The van der Waals surface area contributed by atoms with Crippen molar-refractivity contribution in [2.45, 2.75) is 13.8 Å². The first kappa shape index (κ1) is 11.2. The number of aryl methyl sites for hydroxylation is 1. The summed E-state index contributed by atoms with van der Waals surface area (Å²) < 4.78 is 9.75. The monoisotopic (exact) mass is 207 g/mol. The number of methoxy groups -OCH3 is 1. The standard InChI is InChI=1S/C11H13NO3/c1-5-10-9(6-7(2)14-4)11(13)15-8(3)12-10/h5-6H,2H2,1,3-4H3. The van der Waals surface area contributed by atoms with Crippen molar-refractivity contribution in [2.75, 3.05) is 7.11 Å². The van der Waals surface area contributed by atoms with E-state index in [2.05, 4.69) is 11.6 Å². The lowest BCUT2D eigenvalue weighted by Gasteiger charge is -1.96. The van der Waals surface area contributed by atoms with Crippen molar-refractivity contribution in [1.29, 1.82) is 0 Å². The summed E-state index contributed by atoms with van der Waals surface area (Å²) in [4.78, 5) is 15.6. The fourth-order valence-corrected chi connectivity index (χ4v) is 1.12. The first-order chi connectivity index (χ1) is 7.08. The Kier molecular flexibility index (Phi) is 3.44. The highest BCUT2D eigenvalue weighted by atomic mass is 16.5. The Morgan fingerprint density at radius 1 is 1.60 bits per heavy atom. The maximum Gasteiger partial charge on any atom is 0.346 e. The van der Waals surface area contributed by atoms with Crippen LogP contribution in [0.3, 0.4) is 0 Å². The van der Waals surface area contributed by atoms with Gasteiger partial charge in [0.15, 0.2) is 5.89 Å². The molecule has 0 spiro atoms. The van der Waals surface area contributed by atoms with Gasteiger partial charge in [0.05, 0.1) is 17.7 Å². The van der Waals surface area contributed by atoms with Crippen molar-refractivity contribution in [2.24, 2.45) is 0 Å². The predicted octanol–water partition coefficient (Wildman–Crippen LogP) is 0.0842. The second kappa shape index (κ2) is 4.59. The molecule has 0 fully saturated rings. The van der Waals surface area contributed by atoms with Crippen molar-refractivity contribution >= 4 is 12.2 Å². The van der Waals surface area contributed by atoms with Gasteiger partial charge < -0.3 is 9.15 Å². The molecule has 1 heterocycles. The van der Waals surface area contributed by atoms with Gasteiger partial charge in [-0.15, -0.1) is 0 Å². The third-order valence-corrected chi connectivity index (χ3v) is 1.86. The zero-order valence-electron chi connectivity index (χ0n) is 9.03. The number of nitrogens with zero attached hydrogens (tertiary/aromatic N) is 1. The average Bonchev–Trinajstić information content (AvgIpc) is 2.21. The van der Waals surface area contributed by atoms with Crippen LogP contribution in [0.25, 0.3) is 12.2 Å². The van der Waals surface area contributed by atoms with E-state index >= 15 is 0 Å². The van der Waals surface area contributed by atoms with Crippen LogP contribution >= 0.6 is 0 Å². The predicted molar refractivity (Wildman–Crippen MR) is 57.5 cm³/mol. The molecule has 0 N–H and O–H groups in total. The van der Waals surface area contributed by atoms with Crippen LogP contribution in [0.1, 0.15) is 12.8 Å². The van der Waals surface area contributed by atoms with Gasteiger partial charge in [-0.1, -0.05) is 12.7 Å². The Balaban J connectivity index is 3.62. The van der Waals surface area contributed by atoms with E-state index in [-0.39, 0.29) is 0 Å². The van der Waals surface area contributed by atoms with E-state index < -0.39 is 5.63 Å². The Hall–Kier alpha value is -1.84. The molecule has 0 saturated heterocycles. The second-order valence-corrected chi connectivity index (χ2v) is 2.92. The first-order valence-corrected chi connectivity index (χ1v) is 4.47. The number of hydrogen-bond acceptors (Lipinski definition) is 4. The summed E-state index contributed by atoms with van der Waals surface area (Å²) in [7, 11) is 1.48. The first-order valence-electron chi connectivity index (χ1n) is 4.47. The second-order valence-electron chi connectivity index (χ2n) is 2.92. The number of hydrogen-bond donors (Lipinski definition) is 0. The van der Waals surface area contributed by atoms with Crippen LogP contribution in [0.15, 0.2) is 21.5 Å². The van der Waals surface area contributed by atoms with Gasteiger partial charge in [-0.05, 0) is 13.0 Å². The van der Waals surface area contributed by atoms with Crippen molar-refractivity contribution in [3.05, 3.63) is 39.2 Å². The molecule has 0 aliphatic carbocycles. The topological polar surface area (TPSA) is 52.3 Å². The van der Waals surface area contributed by atoms with E-state index in [9.17, 15) is 4.79 Å². The summed E-state index contributed by atoms with van der Waals surface area (Å²) >= 11 is 0. The van der Waals surface area contributed by atoms with E-state index in [1.54, 1.807) is 19.9 Å². The number of ether oxygens (including phenoxy) is 1. The molecule has 0 unspecified atom stereocenters. The molecule has 4 heteroatoms. The molecule has 0 saturated carbocycles. The molecule has 1 aromatic heterocycles. The van der Waals surface area contributed by atoms with Gasteiger partial charge in [0.25, 0.3) is 0 Å². The summed E-state index contributed by atoms with van der Waals surface area (Å²) in [6, 6.07) is 0. The Morgan fingerprint density at radius 2 is 2.27 bits per heavy atom. The summed E-state index contributed by atoms with van der Waals surface area (Å²) in [6.45, 7) is 7.04. The molecule has 0 bridgehead atoms. The van der Waals surface area contributed by atoms with E-state index in [0.29, 0.717) is 22.2 Å². The lowest BCUT2D eigenvalue weighted by molar-refractivity contribution is 0.315. The maximum atomic E-state index is 11.5. The van der Waals surface area contributed by atoms with Crippen LogP contribution in [-0.4, -0.2) is 12.1 Å². The van der Waals surface area contributed by atoms with Gasteiger partial charge >= 0.3 is 5.63 Å². The zero-order chi connectivity index (χ0) is 11.4. The molecule has 1 aromatic rings. The van der Waals surface area contributed by atoms with Gasteiger partial charge in [0.1, 0.15) is 5.76 Å². The molecule has 0 amide bonds. The largest absolute Gasteiger partial charge is 0.497 e. The molecule has 4 nitrogen and oxygen atoms in total. The van der Waals surface area contributed by atoms with Gasteiger partial charge in [-0.2, -0.15) is 0 Å². The molecular weight excluding hydrogens is 194 g/mol. The van der Waals surface area contributed by atoms with Crippen molar-refractivity contribution in [3.8, 4) is 0 Å². The SMILES string of the molecule is C=C(C=c1c(=CC)nc(C)oc1=O)OC. The summed E-state index contributed by atoms with van der Waals surface area (Å²) in [5.41, 5.74) is -0.436. The molecule has 0 aliphatic rings. The molecule has 0 aliphatic heterocycles. The van der Waals surface area contributed by atoms with E-state index in [4.69, 9.17) is 9.15 Å². The molecule has 0 aromatic carbocycles. The molecule has 0 atom stereocenters. The smallest absolute Gasteiger partial charge is 0.346 e. The highest BCUT2D eigenvalue weighted by Gasteiger charge is 1.98. The Morgan fingerprint density at radius 3 is 2.80 bits per heavy atom. The minimum absolute atomic E-state index is 0.341. The lowest BCUT2D eigenvalue weighted by Crippen LogP contribution is -2.41. The van der Waals surface area contributed by atoms with Crippen LogP contribution in [0.2, 0.25) is 0 Å². The minimum Gasteiger partial charge on any atom is -0.497 e. The van der Waals surface area contributed by atoms with Crippen LogP contribution in [0, 0.1) is 6.92 Å². The molecule has 15 heavy (non-hydrogen) atoms. The normalized spacial score (nSPS) is 13.0. The lowest BCUT2D eigenvalue weighted by atomic mass is 10.3. The van der Waals surface area contributed by atoms with Crippen molar-refractivity contribution < 1.29 is 9.15 Å². The van der Waals surface area contributed by atoms with Gasteiger partial charge in [-0.25, -0.2) is 9.78 Å². The van der Waals surface area contributed by atoms with Crippen LogP contribution in [-0.2, 0) is 4.74 Å². The quantitative estimate of drug-likeness (QED) is 0.645. The summed E-state index contributed by atoms with van der Waals surface area (Å²) in [6.07, 6.45) is 3.24. The van der Waals surface area contributed by atoms with Crippen LogP contribution in [0.4, 0.5) is 0 Å². The Bertz CT molecular complexity index is 540. The number of allylic oxidation sites excluding steroid dienone is 1. The average molecular weight is 207 g/mol. The number of rotatable bonds is 2.